The van der Waals surface area contributed by atoms with Crippen molar-refractivity contribution in [3.8, 4) is 0 Å². The molecule has 1 aromatic heterocycles. The number of carbonyl (C=O) groups excluding carboxylic acids is 1. The van der Waals surface area contributed by atoms with Crippen LogP contribution in [0.2, 0.25) is 0 Å². The number of amides is 2. The molecule has 0 bridgehead atoms. The van der Waals surface area contributed by atoms with Gasteiger partial charge in [0.1, 0.15) is 0 Å². The maximum Gasteiger partial charge on any atom is 0.321 e. The Kier molecular flexibility index (Phi) is 5.45. The topological polar surface area (TPSA) is 57.3 Å². The van der Waals surface area contributed by atoms with Gasteiger partial charge in [0.2, 0.25) is 0 Å². The number of carbonyl (C=O) groups is 1. The Bertz CT molecular complexity index is 567. The molecule has 2 amide bonds. The summed E-state index contributed by atoms with van der Waals surface area (Å²) < 4.78 is 0. The molecule has 24 heavy (non-hydrogen) atoms. The van der Waals surface area contributed by atoms with E-state index >= 15 is 0 Å². The molecule has 2 N–H and O–H groups in total. The number of thiazole rings is 1. The van der Waals surface area contributed by atoms with Gasteiger partial charge in [-0.05, 0) is 52.0 Å². The lowest BCUT2D eigenvalue weighted by molar-refractivity contribution is 0.0669. The lowest BCUT2D eigenvalue weighted by Crippen LogP contribution is -2.55. The molecule has 5 nitrogen and oxygen atoms in total. The summed E-state index contributed by atoms with van der Waals surface area (Å²) in [5, 5.41) is 8.68. The first-order valence-corrected chi connectivity index (χ1v) is 10.1. The summed E-state index contributed by atoms with van der Waals surface area (Å²) in [7, 11) is 0. The molecular formula is C18H30N4OS. The second kappa shape index (κ2) is 7.40. The van der Waals surface area contributed by atoms with Gasteiger partial charge in [0.25, 0.3) is 0 Å². The molecule has 1 aliphatic heterocycles. The summed E-state index contributed by atoms with van der Waals surface area (Å²) in [6.07, 6.45) is 6.31. The standard InChI is InChI=1S/C18H30N4OS/c1-4-13-6-5-9-22(10-13)18(2,3)12-19-16(23)21-17-20-15(11-24-17)14-7-8-14/h11,13-14H,4-10,12H2,1-3H3,(H2,19,20,21,23). The van der Waals surface area contributed by atoms with Gasteiger partial charge in [0, 0.05) is 29.9 Å². The minimum atomic E-state index is -0.149. The quantitative estimate of drug-likeness (QED) is 0.814. The number of nitrogens with zero attached hydrogens (tertiary/aromatic N) is 2. The van der Waals surface area contributed by atoms with Crippen LogP contribution in [0.25, 0.3) is 0 Å². The largest absolute Gasteiger partial charge is 0.336 e. The van der Waals surface area contributed by atoms with Gasteiger partial charge in [0.15, 0.2) is 5.13 Å². The van der Waals surface area contributed by atoms with Crippen LogP contribution in [0.4, 0.5) is 9.93 Å². The van der Waals surface area contributed by atoms with Crippen molar-refractivity contribution in [1.82, 2.24) is 15.2 Å². The summed E-state index contributed by atoms with van der Waals surface area (Å²) in [4.78, 5) is 19.2. The zero-order chi connectivity index (χ0) is 17.2. The predicted molar refractivity (Wildman–Crippen MR) is 99.8 cm³/mol. The molecule has 0 aromatic carbocycles. The maximum absolute atomic E-state index is 12.2. The minimum Gasteiger partial charge on any atom is -0.336 e. The van der Waals surface area contributed by atoms with Crippen LogP contribution < -0.4 is 10.6 Å². The first-order valence-electron chi connectivity index (χ1n) is 9.23. The fraction of sp³-hybridized carbons (Fsp3) is 0.778. The number of rotatable bonds is 6. The number of likely N-dealkylation sites (tertiary alicyclic amines) is 1. The number of piperidine rings is 1. The Labute approximate surface area is 149 Å². The number of aromatic nitrogens is 1. The van der Waals surface area contributed by atoms with E-state index in [4.69, 9.17) is 0 Å². The van der Waals surface area contributed by atoms with E-state index in [0.29, 0.717) is 17.6 Å². The second-order valence-electron chi connectivity index (χ2n) is 7.83. The zero-order valence-electron chi connectivity index (χ0n) is 15.1. The van der Waals surface area contributed by atoms with E-state index in [0.717, 1.165) is 24.7 Å². The van der Waals surface area contributed by atoms with Crippen molar-refractivity contribution in [3.05, 3.63) is 11.1 Å². The van der Waals surface area contributed by atoms with Crippen molar-refractivity contribution >= 4 is 22.5 Å². The fourth-order valence-corrected chi connectivity index (χ4v) is 4.20. The Morgan fingerprint density at radius 2 is 2.21 bits per heavy atom. The van der Waals surface area contributed by atoms with Gasteiger partial charge in [-0.2, -0.15) is 0 Å². The first-order chi connectivity index (χ1) is 11.5. The normalized spacial score (nSPS) is 22.4. The molecule has 1 unspecified atom stereocenters. The number of urea groups is 1. The van der Waals surface area contributed by atoms with E-state index in [1.165, 1.54) is 43.4 Å². The van der Waals surface area contributed by atoms with Crippen LogP contribution in [0.1, 0.15) is 64.5 Å². The fourth-order valence-electron chi connectivity index (χ4n) is 3.41. The number of hydrogen-bond donors (Lipinski definition) is 2. The average Bonchev–Trinajstić information content (AvgIpc) is 3.33. The molecule has 1 atom stereocenters. The molecular weight excluding hydrogens is 320 g/mol. The van der Waals surface area contributed by atoms with Gasteiger partial charge in [-0.25, -0.2) is 9.78 Å². The Hall–Kier alpha value is -1.14. The number of nitrogens with one attached hydrogen (secondary N) is 2. The molecule has 1 saturated carbocycles. The van der Waals surface area contributed by atoms with Crippen molar-refractivity contribution in [2.75, 3.05) is 25.0 Å². The zero-order valence-corrected chi connectivity index (χ0v) is 15.9. The third kappa shape index (κ3) is 4.48. The highest BCUT2D eigenvalue weighted by Gasteiger charge is 2.31. The smallest absolute Gasteiger partial charge is 0.321 e. The summed E-state index contributed by atoms with van der Waals surface area (Å²) >= 11 is 1.52. The van der Waals surface area contributed by atoms with Crippen molar-refractivity contribution in [3.63, 3.8) is 0 Å². The van der Waals surface area contributed by atoms with E-state index in [1.807, 2.05) is 0 Å². The third-order valence-electron chi connectivity index (χ3n) is 5.37. The SMILES string of the molecule is CCC1CCCN(C(C)(C)CNC(=O)Nc2nc(C3CC3)cs2)C1. The monoisotopic (exact) mass is 350 g/mol. The minimum absolute atomic E-state index is 0.0206. The molecule has 1 aliphatic carbocycles. The van der Waals surface area contributed by atoms with Crippen molar-refractivity contribution < 1.29 is 4.79 Å². The van der Waals surface area contributed by atoms with E-state index in [9.17, 15) is 4.79 Å². The molecule has 2 heterocycles. The van der Waals surface area contributed by atoms with Gasteiger partial charge in [-0.3, -0.25) is 10.2 Å². The van der Waals surface area contributed by atoms with Gasteiger partial charge in [-0.1, -0.05) is 13.3 Å². The number of hydrogen-bond acceptors (Lipinski definition) is 4. The van der Waals surface area contributed by atoms with Crippen LogP contribution in [0.3, 0.4) is 0 Å². The van der Waals surface area contributed by atoms with Gasteiger partial charge >= 0.3 is 6.03 Å². The molecule has 0 radical (unpaired) electrons. The molecule has 3 rings (SSSR count). The molecule has 134 valence electrons. The van der Waals surface area contributed by atoms with E-state index in [1.54, 1.807) is 0 Å². The molecule has 2 aliphatic rings. The summed E-state index contributed by atoms with van der Waals surface area (Å²) in [5.74, 6) is 1.42. The predicted octanol–water partition coefficient (Wildman–Crippen LogP) is 4.04. The first kappa shape index (κ1) is 17.7. The molecule has 2 fully saturated rings. The van der Waals surface area contributed by atoms with Crippen molar-refractivity contribution in [2.45, 2.75) is 64.3 Å². The highest BCUT2D eigenvalue weighted by molar-refractivity contribution is 7.13. The summed E-state index contributed by atoms with van der Waals surface area (Å²) in [6.45, 7) is 9.64. The highest BCUT2D eigenvalue weighted by Crippen LogP contribution is 2.40. The van der Waals surface area contributed by atoms with Crippen LogP contribution in [0.15, 0.2) is 5.38 Å². The van der Waals surface area contributed by atoms with Crippen LogP contribution >= 0.6 is 11.3 Å². The molecule has 6 heteroatoms. The highest BCUT2D eigenvalue weighted by atomic mass is 32.1. The van der Waals surface area contributed by atoms with Gasteiger partial charge in [-0.15, -0.1) is 11.3 Å². The Morgan fingerprint density at radius 3 is 2.92 bits per heavy atom. The van der Waals surface area contributed by atoms with Crippen molar-refractivity contribution in [1.29, 1.82) is 0 Å². The molecule has 1 aromatic rings. The third-order valence-corrected chi connectivity index (χ3v) is 6.15. The van der Waals surface area contributed by atoms with E-state index < -0.39 is 0 Å². The van der Waals surface area contributed by atoms with Crippen LogP contribution in [-0.2, 0) is 0 Å². The van der Waals surface area contributed by atoms with E-state index in [-0.39, 0.29) is 11.6 Å². The lowest BCUT2D eigenvalue weighted by Gasteiger charge is -2.43. The summed E-state index contributed by atoms with van der Waals surface area (Å²) in [5.41, 5.74) is 1.11. The molecule has 1 saturated heterocycles. The lowest BCUT2D eigenvalue weighted by atomic mass is 9.91. The van der Waals surface area contributed by atoms with Crippen LogP contribution in [0, 0.1) is 5.92 Å². The second-order valence-corrected chi connectivity index (χ2v) is 8.69. The van der Waals surface area contributed by atoms with Crippen LogP contribution in [-0.4, -0.2) is 41.1 Å². The Balaban J connectivity index is 1.46. The Morgan fingerprint density at radius 1 is 1.42 bits per heavy atom. The van der Waals surface area contributed by atoms with Gasteiger partial charge < -0.3 is 5.32 Å². The van der Waals surface area contributed by atoms with Crippen molar-refractivity contribution in [2.24, 2.45) is 5.92 Å². The van der Waals surface area contributed by atoms with E-state index in [2.05, 4.69) is 46.7 Å². The van der Waals surface area contributed by atoms with Crippen LogP contribution in [0.5, 0.6) is 0 Å². The maximum atomic E-state index is 12.2. The summed E-state index contributed by atoms with van der Waals surface area (Å²) in [6, 6.07) is -0.149. The number of anilines is 1. The average molecular weight is 351 g/mol. The van der Waals surface area contributed by atoms with Gasteiger partial charge in [0.05, 0.1) is 5.69 Å². The molecule has 0 spiro atoms.